The van der Waals surface area contributed by atoms with Crippen molar-refractivity contribution >= 4 is 5.97 Å². The molecule has 1 aromatic carbocycles. The molecule has 1 N–H and O–H groups in total. The van der Waals surface area contributed by atoms with Gasteiger partial charge in [-0.2, -0.15) is 0 Å². The summed E-state index contributed by atoms with van der Waals surface area (Å²) < 4.78 is 2.04. The van der Waals surface area contributed by atoms with E-state index in [9.17, 15) is 9.90 Å². The number of aromatic carboxylic acids is 1. The zero-order valence-corrected chi connectivity index (χ0v) is 10.2. The minimum atomic E-state index is -0.931. The normalized spacial score (nSPS) is 13.6. The molecule has 18 heavy (non-hydrogen) atoms. The molecule has 0 spiro atoms. The minimum absolute atomic E-state index is 0.211. The van der Waals surface area contributed by atoms with Crippen LogP contribution in [0.5, 0.6) is 0 Å². The monoisotopic (exact) mass is 242 g/mol. The van der Waals surface area contributed by atoms with Gasteiger partial charge in [-0.1, -0.05) is 29.8 Å². The van der Waals surface area contributed by atoms with Gasteiger partial charge in [0.15, 0.2) is 5.69 Å². The van der Waals surface area contributed by atoms with E-state index in [1.807, 2.05) is 35.8 Å². The van der Waals surface area contributed by atoms with Crippen molar-refractivity contribution in [1.29, 1.82) is 0 Å². The molecule has 0 saturated carbocycles. The van der Waals surface area contributed by atoms with Gasteiger partial charge in [0.1, 0.15) is 5.82 Å². The fourth-order valence-electron chi connectivity index (χ4n) is 2.48. The van der Waals surface area contributed by atoms with Gasteiger partial charge in [-0.05, 0) is 19.8 Å². The summed E-state index contributed by atoms with van der Waals surface area (Å²) >= 11 is 0. The van der Waals surface area contributed by atoms with Crippen LogP contribution in [0, 0.1) is 6.92 Å². The lowest BCUT2D eigenvalue weighted by Gasteiger charge is -2.04. The Kier molecular flexibility index (Phi) is 2.44. The molecular formula is C14H14N2O2. The summed E-state index contributed by atoms with van der Waals surface area (Å²) in [6.45, 7) is 2.89. The maximum absolute atomic E-state index is 11.2. The molecule has 4 nitrogen and oxygen atoms in total. The number of benzene rings is 1. The molecule has 0 fully saturated rings. The van der Waals surface area contributed by atoms with Gasteiger partial charge in [-0.25, -0.2) is 9.78 Å². The summed E-state index contributed by atoms with van der Waals surface area (Å²) in [6, 6.07) is 8.03. The second-order valence-electron chi connectivity index (χ2n) is 4.66. The Hall–Kier alpha value is -2.10. The summed E-state index contributed by atoms with van der Waals surface area (Å²) in [5, 5.41) is 9.18. The lowest BCUT2D eigenvalue weighted by molar-refractivity contribution is 0.0690. The molecule has 0 unspecified atom stereocenters. The number of carboxylic acid groups (broad SMARTS) is 1. The highest BCUT2D eigenvalue weighted by Crippen LogP contribution is 2.28. The molecule has 92 valence electrons. The Morgan fingerprint density at radius 1 is 1.33 bits per heavy atom. The summed E-state index contributed by atoms with van der Waals surface area (Å²) in [5.41, 5.74) is 3.24. The SMILES string of the molecule is Cc1ccc(-c2nc(C(=O)O)c3n2CCC3)cc1. The van der Waals surface area contributed by atoms with Crippen molar-refractivity contribution in [1.82, 2.24) is 9.55 Å². The molecule has 2 aromatic rings. The summed E-state index contributed by atoms with van der Waals surface area (Å²) in [5.74, 6) is -0.154. The molecule has 1 aromatic heterocycles. The number of hydrogen-bond donors (Lipinski definition) is 1. The molecule has 0 bridgehead atoms. The molecule has 1 aliphatic rings. The van der Waals surface area contributed by atoms with E-state index in [1.165, 1.54) is 5.56 Å². The van der Waals surface area contributed by atoms with Gasteiger partial charge in [0.25, 0.3) is 0 Å². The lowest BCUT2D eigenvalue weighted by atomic mass is 10.1. The van der Waals surface area contributed by atoms with Crippen LogP contribution in [0.15, 0.2) is 24.3 Å². The number of fused-ring (bicyclic) bond motifs is 1. The van der Waals surface area contributed by atoms with E-state index in [0.717, 1.165) is 36.5 Å². The van der Waals surface area contributed by atoms with Crippen LogP contribution in [-0.4, -0.2) is 20.6 Å². The molecular weight excluding hydrogens is 228 g/mol. The molecule has 1 aliphatic heterocycles. The Morgan fingerprint density at radius 2 is 2.06 bits per heavy atom. The van der Waals surface area contributed by atoms with Gasteiger partial charge in [-0.3, -0.25) is 0 Å². The van der Waals surface area contributed by atoms with Crippen LogP contribution in [0.25, 0.3) is 11.4 Å². The number of aryl methyl sites for hydroxylation is 1. The van der Waals surface area contributed by atoms with Crippen LogP contribution >= 0.6 is 0 Å². The van der Waals surface area contributed by atoms with Crippen LogP contribution in [0.4, 0.5) is 0 Å². The smallest absolute Gasteiger partial charge is 0.356 e. The van der Waals surface area contributed by atoms with E-state index in [1.54, 1.807) is 0 Å². The van der Waals surface area contributed by atoms with Gasteiger partial charge in [0.2, 0.25) is 0 Å². The zero-order valence-electron chi connectivity index (χ0n) is 10.2. The first-order chi connectivity index (χ1) is 8.66. The van der Waals surface area contributed by atoms with E-state index in [2.05, 4.69) is 4.98 Å². The van der Waals surface area contributed by atoms with E-state index in [-0.39, 0.29) is 5.69 Å². The molecule has 4 heteroatoms. The van der Waals surface area contributed by atoms with Crippen LogP contribution in [-0.2, 0) is 13.0 Å². The molecule has 2 heterocycles. The van der Waals surface area contributed by atoms with Crippen LogP contribution in [0.2, 0.25) is 0 Å². The Balaban J connectivity index is 2.15. The summed E-state index contributed by atoms with van der Waals surface area (Å²) in [7, 11) is 0. The second kappa shape index (κ2) is 3.98. The van der Waals surface area contributed by atoms with Crippen molar-refractivity contribution in [2.75, 3.05) is 0 Å². The van der Waals surface area contributed by atoms with E-state index >= 15 is 0 Å². The van der Waals surface area contributed by atoms with Gasteiger partial charge >= 0.3 is 5.97 Å². The van der Waals surface area contributed by atoms with Crippen LogP contribution < -0.4 is 0 Å². The Labute approximate surface area is 105 Å². The van der Waals surface area contributed by atoms with Gasteiger partial charge in [0, 0.05) is 12.1 Å². The number of nitrogens with zero attached hydrogens (tertiary/aromatic N) is 2. The average Bonchev–Trinajstić information content (AvgIpc) is 2.91. The topological polar surface area (TPSA) is 55.1 Å². The van der Waals surface area contributed by atoms with Crippen molar-refractivity contribution in [3.8, 4) is 11.4 Å². The maximum atomic E-state index is 11.2. The second-order valence-corrected chi connectivity index (χ2v) is 4.66. The lowest BCUT2D eigenvalue weighted by Crippen LogP contribution is -2.00. The highest BCUT2D eigenvalue weighted by molar-refractivity contribution is 5.88. The molecule has 0 aliphatic carbocycles. The van der Waals surface area contributed by atoms with Gasteiger partial charge < -0.3 is 9.67 Å². The molecule has 0 amide bonds. The molecule has 0 atom stereocenters. The largest absolute Gasteiger partial charge is 0.476 e. The van der Waals surface area contributed by atoms with Crippen molar-refractivity contribution in [3.05, 3.63) is 41.2 Å². The van der Waals surface area contributed by atoms with Crippen LogP contribution in [0.1, 0.15) is 28.2 Å². The van der Waals surface area contributed by atoms with Crippen molar-refractivity contribution in [3.63, 3.8) is 0 Å². The number of imidazole rings is 1. The van der Waals surface area contributed by atoms with E-state index in [4.69, 9.17) is 0 Å². The van der Waals surface area contributed by atoms with E-state index in [0.29, 0.717) is 0 Å². The molecule has 3 rings (SSSR count). The fourth-order valence-corrected chi connectivity index (χ4v) is 2.48. The van der Waals surface area contributed by atoms with Crippen molar-refractivity contribution in [2.45, 2.75) is 26.3 Å². The predicted octanol–water partition coefficient (Wildman–Crippen LogP) is 2.50. The highest BCUT2D eigenvalue weighted by Gasteiger charge is 2.25. The standard InChI is InChI=1S/C14H14N2O2/c1-9-4-6-10(7-5-9)13-15-12(14(17)18)11-3-2-8-16(11)13/h4-7H,2-3,8H2,1H3,(H,17,18). The third-order valence-electron chi connectivity index (χ3n) is 3.38. The van der Waals surface area contributed by atoms with Crippen molar-refractivity contribution < 1.29 is 9.90 Å². The zero-order chi connectivity index (χ0) is 12.7. The number of carbonyl (C=O) groups is 1. The quantitative estimate of drug-likeness (QED) is 0.880. The first kappa shape index (κ1) is 11.0. The number of hydrogen-bond acceptors (Lipinski definition) is 2. The number of aromatic nitrogens is 2. The third kappa shape index (κ3) is 1.61. The van der Waals surface area contributed by atoms with Crippen LogP contribution in [0.3, 0.4) is 0 Å². The van der Waals surface area contributed by atoms with Gasteiger partial charge in [-0.15, -0.1) is 0 Å². The first-order valence-corrected chi connectivity index (χ1v) is 6.06. The first-order valence-electron chi connectivity index (χ1n) is 6.06. The molecule has 0 radical (unpaired) electrons. The third-order valence-corrected chi connectivity index (χ3v) is 3.38. The summed E-state index contributed by atoms with van der Waals surface area (Å²) in [6.07, 6.45) is 1.80. The predicted molar refractivity (Wildman–Crippen MR) is 67.7 cm³/mol. The molecule has 0 saturated heterocycles. The number of carboxylic acids is 1. The van der Waals surface area contributed by atoms with Crippen molar-refractivity contribution in [2.24, 2.45) is 0 Å². The minimum Gasteiger partial charge on any atom is -0.476 e. The Bertz CT molecular complexity index is 611. The fraction of sp³-hybridized carbons (Fsp3) is 0.286. The maximum Gasteiger partial charge on any atom is 0.356 e. The average molecular weight is 242 g/mol. The highest BCUT2D eigenvalue weighted by atomic mass is 16.4. The van der Waals surface area contributed by atoms with Gasteiger partial charge in [0.05, 0.1) is 5.69 Å². The van der Waals surface area contributed by atoms with E-state index < -0.39 is 5.97 Å². The summed E-state index contributed by atoms with van der Waals surface area (Å²) in [4.78, 5) is 15.5. The number of rotatable bonds is 2. The Morgan fingerprint density at radius 3 is 2.72 bits per heavy atom.